The van der Waals surface area contributed by atoms with Crippen LogP contribution in [0.15, 0.2) is 36.5 Å². The summed E-state index contributed by atoms with van der Waals surface area (Å²) in [4.78, 5) is 39.7. The minimum atomic E-state index is -1.12. The second-order valence-electron chi connectivity index (χ2n) is 5.54. The second-order valence-corrected chi connectivity index (χ2v) is 6.38. The molecule has 1 amide bonds. The van der Waals surface area contributed by atoms with E-state index in [1.807, 2.05) is 0 Å². The third kappa shape index (κ3) is 6.30. The number of Topliss-reactive ketones (excluding diaryl/α,β-unsaturated/α-hetero) is 1. The molecular weight excluding hydrogens is 398 g/mol. The van der Waals surface area contributed by atoms with Gasteiger partial charge in [-0.2, -0.15) is 0 Å². The van der Waals surface area contributed by atoms with Gasteiger partial charge in [0.25, 0.3) is 5.91 Å². The largest absolute Gasteiger partial charge is 0.453 e. The summed E-state index contributed by atoms with van der Waals surface area (Å²) in [5.41, 5.74) is 0.290. The number of halogens is 3. The summed E-state index contributed by atoms with van der Waals surface area (Å²) in [6, 6.07) is 6.40. The van der Waals surface area contributed by atoms with Crippen LogP contribution in [-0.2, 0) is 14.3 Å². The Kier molecular flexibility index (Phi) is 7.27. The van der Waals surface area contributed by atoms with Crippen molar-refractivity contribution in [1.82, 2.24) is 4.98 Å². The van der Waals surface area contributed by atoms with Crippen LogP contribution in [0.3, 0.4) is 0 Å². The van der Waals surface area contributed by atoms with E-state index in [-0.39, 0.29) is 29.5 Å². The number of amides is 1. The molecule has 1 aromatic carbocycles. The summed E-state index contributed by atoms with van der Waals surface area (Å²) < 4.78 is 17.8. The van der Waals surface area contributed by atoms with Crippen molar-refractivity contribution in [2.45, 2.75) is 25.9 Å². The Labute approximate surface area is 164 Å². The fourth-order valence-corrected chi connectivity index (χ4v) is 2.46. The summed E-state index contributed by atoms with van der Waals surface area (Å²) in [7, 11) is 0. The van der Waals surface area contributed by atoms with Crippen molar-refractivity contribution in [2.75, 3.05) is 5.32 Å². The lowest BCUT2D eigenvalue weighted by molar-refractivity contribution is -0.153. The maximum Gasteiger partial charge on any atom is 0.307 e. The van der Waals surface area contributed by atoms with Crippen molar-refractivity contribution in [3.63, 3.8) is 0 Å². The van der Waals surface area contributed by atoms with Gasteiger partial charge in [-0.05, 0) is 37.3 Å². The Morgan fingerprint density at radius 1 is 1.19 bits per heavy atom. The van der Waals surface area contributed by atoms with Gasteiger partial charge in [0.1, 0.15) is 5.82 Å². The average Bonchev–Trinajstić information content (AvgIpc) is 2.62. The first kappa shape index (κ1) is 20.8. The Morgan fingerprint density at radius 3 is 2.48 bits per heavy atom. The Bertz CT molecular complexity index is 859. The second kappa shape index (κ2) is 9.43. The lowest BCUT2D eigenvalue weighted by Crippen LogP contribution is -2.30. The number of carbonyl (C=O) groups is 3. The number of carbonyl (C=O) groups excluding carboxylic acids is 3. The molecule has 2 rings (SSSR count). The molecule has 1 heterocycles. The summed E-state index contributed by atoms with van der Waals surface area (Å²) in [5.74, 6) is -2.06. The first-order valence-corrected chi connectivity index (χ1v) is 8.62. The number of nitrogens with one attached hydrogen (secondary N) is 1. The maximum atomic E-state index is 12.8. The fourth-order valence-electron chi connectivity index (χ4n) is 2.03. The highest BCUT2D eigenvalue weighted by Crippen LogP contribution is 2.22. The number of nitrogens with zero attached hydrogens (tertiary/aromatic N) is 1. The lowest BCUT2D eigenvalue weighted by atomic mass is 10.1. The molecule has 27 heavy (non-hydrogen) atoms. The quantitative estimate of drug-likeness (QED) is 0.547. The minimum Gasteiger partial charge on any atom is -0.453 e. The molecule has 0 saturated carbocycles. The van der Waals surface area contributed by atoms with Crippen LogP contribution >= 0.6 is 23.2 Å². The van der Waals surface area contributed by atoms with Gasteiger partial charge < -0.3 is 10.1 Å². The zero-order chi connectivity index (χ0) is 20.0. The van der Waals surface area contributed by atoms with E-state index in [0.29, 0.717) is 10.6 Å². The topological polar surface area (TPSA) is 85.4 Å². The van der Waals surface area contributed by atoms with E-state index in [1.165, 1.54) is 31.3 Å². The number of ketones is 1. The van der Waals surface area contributed by atoms with Gasteiger partial charge in [0.2, 0.25) is 0 Å². The SMILES string of the molecule is CC(OC(=O)CCC(=O)c1ccc(F)cc1)C(=O)Nc1ncc(Cl)cc1Cl. The van der Waals surface area contributed by atoms with E-state index in [0.717, 1.165) is 12.1 Å². The van der Waals surface area contributed by atoms with Crippen molar-refractivity contribution >= 4 is 46.7 Å². The molecular formula is C18H15Cl2FN2O4. The van der Waals surface area contributed by atoms with Crippen LogP contribution in [0.2, 0.25) is 10.0 Å². The highest BCUT2D eigenvalue weighted by atomic mass is 35.5. The average molecular weight is 413 g/mol. The van der Waals surface area contributed by atoms with Crippen molar-refractivity contribution in [1.29, 1.82) is 0 Å². The molecule has 1 unspecified atom stereocenters. The normalized spacial score (nSPS) is 11.6. The maximum absolute atomic E-state index is 12.8. The smallest absolute Gasteiger partial charge is 0.307 e. The molecule has 0 aliphatic heterocycles. The van der Waals surface area contributed by atoms with Crippen molar-refractivity contribution < 1.29 is 23.5 Å². The third-order valence-electron chi connectivity index (χ3n) is 3.45. The van der Waals surface area contributed by atoms with E-state index in [2.05, 4.69) is 10.3 Å². The zero-order valence-corrected chi connectivity index (χ0v) is 15.7. The van der Waals surface area contributed by atoms with E-state index < -0.39 is 23.8 Å². The van der Waals surface area contributed by atoms with Crippen LogP contribution < -0.4 is 5.32 Å². The monoisotopic (exact) mass is 412 g/mol. The summed E-state index contributed by atoms with van der Waals surface area (Å²) >= 11 is 11.6. The number of aromatic nitrogens is 1. The summed E-state index contributed by atoms with van der Waals surface area (Å²) in [5, 5.41) is 2.87. The first-order chi connectivity index (χ1) is 12.8. The van der Waals surface area contributed by atoms with Crippen molar-refractivity contribution in [3.8, 4) is 0 Å². The molecule has 1 atom stereocenters. The van der Waals surface area contributed by atoms with Crippen LogP contribution in [-0.4, -0.2) is 28.7 Å². The standard InChI is InChI=1S/C18H15Cl2FN2O4/c1-10(18(26)23-17-14(20)8-12(19)9-22-17)27-16(25)7-6-15(24)11-2-4-13(21)5-3-11/h2-5,8-10H,6-7H2,1H3,(H,22,23,26). The Balaban J connectivity index is 1.82. The molecule has 142 valence electrons. The summed E-state index contributed by atoms with van der Waals surface area (Å²) in [6.45, 7) is 1.37. The number of anilines is 1. The van der Waals surface area contributed by atoms with Crippen LogP contribution in [0.5, 0.6) is 0 Å². The predicted octanol–water partition coefficient (Wildman–Crippen LogP) is 4.06. The van der Waals surface area contributed by atoms with Crippen molar-refractivity contribution in [3.05, 3.63) is 58.0 Å². The van der Waals surface area contributed by atoms with Gasteiger partial charge in [-0.15, -0.1) is 0 Å². The highest BCUT2D eigenvalue weighted by molar-refractivity contribution is 6.36. The molecule has 0 fully saturated rings. The molecule has 0 spiro atoms. The molecule has 2 aromatic rings. The van der Waals surface area contributed by atoms with E-state index in [1.54, 1.807) is 0 Å². The molecule has 1 aromatic heterocycles. The van der Waals surface area contributed by atoms with E-state index in [9.17, 15) is 18.8 Å². The minimum absolute atomic E-state index is 0.0838. The molecule has 9 heteroatoms. The van der Waals surface area contributed by atoms with E-state index >= 15 is 0 Å². The third-order valence-corrected chi connectivity index (χ3v) is 3.94. The Hall–Kier alpha value is -2.51. The molecule has 0 radical (unpaired) electrons. The number of rotatable bonds is 7. The van der Waals surface area contributed by atoms with Gasteiger partial charge in [-0.3, -0.25) is 14.4 Å². The van der Waals surface area contributed by atoms with Gasteiger partial charge in [0.05, 0.1) is 16.5 Å². The van der Waals surface area contributed by atoms with Gasteiger partial charge in [-0.1, -0.05) is 23.2 Å². The van der Waals surface area contributed by atoms with Crippen LogP contribution in [0, 0.1) is 5.82 Å². The lowest BCUT2D eigenvalue weighted by Gasteiger charge is -2.13. The first-order valence-electron chi connectivity index (χ1n) is 7.86. The molecule has 0 aliphatic carbocycles. The Morgan fingerprint density at radius 2 is 1.85 bits per heavy atom. The van der Waals surface area contributed by atoms with Crippen LogP contribution in [0.1, 0.15) is 30.1 Å². The molecule has 0 bridgehead atoms. The zero-order valence-electron chi connectivity index (χ0n) is 14.2. The van der Waals surface area contributed by atoms with Gasteiger partial charge in [-0.25, -0.2) is 9.37 Å². The van der Waals surface area contributed by atoms with Gasteiger partial charge in [0, 0.05) is 18.2 Å². The van der Waals surface area contributed by atoms with Crippen molar-refractivity contribution in [2.24, 2.45) is 0 Å². The van der Waals surface area contributed by atoms with Crippen LogP contribution in [0.25, 0.3) is 0 Å². The predicted molar refractivity (Wildman–Crippen MR) is 98.4 cm³/mol. The molecule has 0 aliphatic rings. The molecule has 6 nitrogen and oxygen atoms in total. The summed E-state index contributed by atoms with van der Waals surface area (Å²) in [6.07, 6.45) is -0.148. The highest BCUT2D eigenvalue weighted by Gasteiger charge is 2.20. The fraction of sp³-hybridized carbons (Fsp3) is 0.222. The van der Waals surface area contributed by atoms with Gasteiger partial charge >= 0.3 is 5.97 Å². The van der Waals surface area contributed by atoms with Gasteiger partial charge in [0.15, 0.2) is 17.7 Å². The number of hydrogen-bond donors (Lipinski definition) is 1. The number of hydrogen-bond acceptors (Lipinski definition) is 5. The van der Waals surface area contributed by atoms with E-state index in [4.69, 9.17) is 27.9 Å². The molecule has 1 N–H and O–H groups in total. The number of esters is 1. The molecule has 0 saturated heterocycles. The number of benzene rings is 1. The number of pyridine rings is 1. The number of ether oxygens (including phenoxy) is 1. The van der Waals surface area contributed by atoms with Crippen LogP contribution in [0.4, 0.5) is 10.2 Å².